The van der Waals surface area contributed by atoms with Crippen LogP contribution in [0.15, 0.2) is 49.1 Å². The molecule has 3 aromatic heterocycles. The summed E-state index contributed by atoms with van der Waals surface area (Å²) in [5.41, 5.74) is 2.26. The number of fused-ring (bicyclic) bond motifs is 1. The summed E-state index contributed by atoms with van der Waals surface area (Å²) < 4.78 is 3.40. The van der Waals surface area contributed by atoms with Gasteiger partial charge in [-0.25, -0.2) is 9.67 Å². The van der Waals surface area contributed by atoms with Crippen LogP contribution in [0.1, 0.15) is 16.1 Å². The highest BCUT2D eigenvalue weighted by molar-refractivity contribution is 6.30. The fourth-order valence-corrected chi connectivity index (χ4v) is 3.84. The van der Waals surface area contributed by atoms with Crippen molar-refractivity contribution < 1.29 is 4.79 Å². The first-order chi connectivity index (χ1) is 14.6. The van der Waals surface area contributed by atoms with Crippen molar-refractivity contribution in [3.05, 3.63) is 65.3 Å². The molecular formula is C20H19ClN8O. The molecule has 0 N–H and O–H groups in total. The van der Waals surface area contributed by atoms with Crippen LogP contribution in [0.2, 0.25) is 5.02 Å². The standard InChI is InChI=1S/C20H19ClN8O/c1-14-9-18(29-20(25-14)22-13-24-29)26-5-7-27(8-6-26)19(30)15-11-23-28(12-15)17-4-2-3-16(21)10-17/h2-4,9-13H,5-8H2,1H3. The molecule has 1 amide bonds. The van der Waals surface area contributed by atoms with E-state index in [-0.39, 0.29) is 5.91 Å². The number of hydrogen-bond acceptors (Lipinski definition) is 6. The van der Waals surface area contributed by atoms with Crippen molar-refractivity contribution in [2.24, 2.45) is 0 Å². The van der Waals surface area contributed by atoms with Gasteiger partial charge in [0.25, 0.3) is 11.7 Å². The first-order valence-electron chi connectivity index (χ1n) is 9.61. The monoisotopic (exact) mass is 422 g/mol. The van der Waals surface area contributed by atoms with Crippen molar-refractivity contribution in [2.45, 2.75) is 6.92 Å². The van der Waals surface area contributed by atoms with E-state index in [1.54, 1.807) is 27.7 Å². The number of hydrogen-bond donors (Lipinski definition) is 0. The van der Waals surface area contributed by atoms with Crippen LogP contribution >= 0.6 is 11.6 Å². The Morgan fingerprint density at radius 3 is 2.73 bits per heavy atom. The number of piperazine rings is 1. The zero-order valence-electron chi connectivity index (χ0n) is 16.3. The summed E-state index contributed by atoms with van der Waals surface area (Å²) in [4.78, 5) is 25.6. The molecular weight excluding hydrogens is 404 g/mol. The Morgan fingerprint density at radius 1 is 1.10 bits per heavy atom. The number of halogens is 1. The predicted octanol–water partition coefficient (Wildman–Crippen LogP) is 2.23. The second kappa shape index (κ2) is 7.42. The third-order valence-corrected chi connectivity index (χ3v) is 5.39. The van der Waals surface area contributed by atoms with E-state index in [2.05, 4.69) is 25.1 Å². The number of anilines is 1. The molecule has 0 bridgehead atoms. The molecule has 0 unspecified atom stereocenters. The molecule has 1 aliphatic rings. The van der Waals surface area contributed by atoms with Gasteiger partial charge in [-0.05, 0) is 25.1 Å². The average molecular weight is 423 g/mol. The van der Waals surface area contributed by atoms with Gasteiger partial charge in [0.1, 0.15) is 12.1 Å². The van der Waals surface area contributed by atoms with Crippen molar-refractivity contribution in [2.75, 3.05) is 31.1 Å². The second-order valence-corrected chi connectivity index (χ2v) is 7.60. The van der Waals surface area contributed by atoms with Crippen LogP contribution in [0, 0.1) is 6.92 Å². The van der Waals surface area contributed by atoms with Crippen molar-refractivity contribution in [3.8, 4) is 5.69 Å². The van der Waals surface area contributed by atoms with Gasteiger partial charge in [0.05, 0.1) is 17.4 Å². The van der Waals surface area contributed by atoms with Crippen LogP contribution in [-0.4, -0.2) is 66.3 Å². The van der Waals surface area contributed by atoms with E-state index in [1.165, 1.54) is 6.33 Å². The second-order valence-electron chi connectivity index (χ2n) is 7.16. The molecule has 9 nitrogen and oxygen atoms in total. The Bertz CT molecular complexity index is 1220. The molecule has 10 heteroatoms. The maximum Gasteiger partial charge on any atom is 0.257 e. The SMILES string of the molecule is Cc1cc(N2CCN(C(=O)c3cnn(-c4cccc(Cl)c4)c3)CC2)n2ncnc2n1. The molecule has 1 fully saturated rings. The van der Waals surface area contributed by atoms with Gasteiger partial charge >= 0.3 is 0 Å². The number of carbonyl (C=O) groups excluding carboxylic acids is 1. The number of aryl methyl sites for hydroxylation is 1. The molecule has 0 radical (unpaired) electrons. The summed E-state index contributed by atoms with van der Waals surface area (Å²) >= 11 is 6.05. The molecule has 1 aromatic carbocycles. The minimum atomic E-state index is -0.0280. The lowest BCUT2D eigenvalue weighted by atomic mass is 10.2. The molecule has 30 heavy (non-hydrogen) atoms. The first kappa shape index (κ1) is 18.6. The van der Waals surface area contributed by atoms with Crippen LogP contribution < -0.4 is 4.90 Å². The van der Waals surface area contributed by atoms with Crippen LogP contribution in [0.4, 0.5) is 5.82 Å². The molecule has 1 saturated heterocycles. The van der Waals surface area contributed by atoms with Crippen molar-refractivity contribution in [1.82, 2.24) is 34.3 Å². The molecule has 152 valence electrons. The summed E-state index contributed by atoms with van der Waals surface area (Å²) in [5.74, 6) is 1.49. The van der Waals surface area contributed by atoms with Gasteiger partial charge in [-0.1, -0.05) is 17.7 Å². The lowest BCUT2D eigenvalue weighted by Gasteiger charge is -2.35. The molecule has 4 aromatic rings. The quantitative estimate of drug-likeness (QED) is 0.503. The van der Waals surface area contributed by atoms with Gasteiger partial charge in [-0.2, -0.15) is 19.7 Å². The van der Waals surface area contributed by atoms with Crippen molar-refractivity contribution in [3.63, 3.8) is 0 Å². The highest BCUT2D eigenvalue weighted by Gasteiger charge is 2.25. The topological polar surface area (TPSA) is 84.5 Å². The van der Waals surface area contributed by atoms with Gasteiger partial charge in [0.2, 0.25) is 0 Å². The normalized spacial score (nSPS) is 14.5. The smallest absolute Gasteiger partial charge is 0.257 e. The number of amides is 1. The van der Waals surface area contributed by atoms with E-state index in [0.717, 1.165) is 17.2 Å². The molecule has 1 aliphatic heterocycles. The third-order valence-electron chi connectivity index (χ3n) is 5.15. The van der Waals surface area contributed by atoms with E-state index in [4.69, 9.17) is 11.6 Å². The summed E-state index contributed by atoms with van der Waals surface area (Å²) in [6.07, 6.45) is 4.84. The van der Waals surface area contributed by atoms with E-state index < -0.39 is 0 Å². The molecule has 0 saturated carbocycles. The maximum absolute atomic E-state index is 13.0. The lowest BCUT2D eigenvalue weighted by molar-refractivity contribution is 0.0746. The number of rotatable bonds is 3. The zero-order valence-corrected chi connectivity index (χ0v) is 17.1. The number of aromatic nitrogens is 6. The molecule has 5 rings (SSSR count). The highest BCUT2D eigenvalue weighted by atomic mass is 35.5. The van der Waals surface area contributed by atoms with Crippen molar-refractivity contribution >= 4 is 29.1 Å². The molecule has 4 heterocycles. The first-order valence-corrected chi connectivity index (χ1v) is 9.98. The Labute approximate surface area is 177 Å². The van der Waals surface area contributed by atoms with Crippen LogP contribution in [-0.2, 0) is 0 Å². The average Bonchev–Trinajstić information content (AvgIpc) is 3.42. The van der Waals surface area contributed by atoms with Gasteiger partial charge in [-0.15, -0.1) is 0 Å². The molecule has 0 atom stereocenters. The van der Waals surface area contributed by atoms with E-state index in [9.17, 15) is 4.79 Å². The number of nitrogens with zero attached hydrogens (tertiary/aromatic N) is 8. The van der Waals surface area contributed by atoms with Gasteiger partial charge in [-0.3, -0.25) is 4.79 Å². The van der Waals surface area contributed by atoms with Gasteiger partial charge < -0.3 is 9.80 Å². The molecule has 0 spiro atoms. The lowest BCUT2D eigenvalue weighted by Crippen LogP contribution is -2.49. The molecule has 0 aliphatic carbocycles. The van der Waals surface area contributed by atoms with Crippen LogP contribution in [0.25, 0.3) is 11.5 Å². The highest BCUT2D eigenvalue weighted by Crippen LogP contribution is 2.19. The van der Waals surface area contributed by atoms with Gasteiger partial charge in [0.15, 0.2) is 0 Å². The minimum Gasteiger partial charge on any atom is -0.353 e. The Hall–Kier alpha value is -3.46. The van der Waals surface area contributed by atoms with Gasteiger partial charge in [0, 0.05) is 49.2 Å². The van der Waals surface area contributed by atoms with E-state index >= 15 is 0 Å². The van der Waals surface area contributed by atoms with E-state index in [1.807, 2.05) is 36.1 Å². The fraction of sp³-hybridized carbons (Fsp3) is 0.250. The summed E-state index contributed by atoms with van der Waals surface area (Å²) in [6, 6.07) is 9.36. The summed E-state index contributed by atoms with van der Waals surface area (Å²) in [7, 11) is 0. The zero-order chi connectivity index (χ0) is 20.7. The Morgan fingerprint density at radius 2 is 1.93 bits per heavy atom. The van der Waals surface area contributed by atoms with E-state index in [0.29, 0.717) is 42.5 Å². The number of benzene rings is 1. The van der Waals surface area contributed by atoms with Crippen LogP contribution in [0.5, 0.6) is 0 Å². The summed E-state index contributed by atoms with van der Waals surface area (Å²) in [5, 5.41) is 9.22. The minimum absolute atomic E-state index is 0.0280. The number of carbonyl (C=O) groups is 1. The largest absolute Gasteiger partial charge is 0.353 e. The van der Waals surface area contributed by atoms with Crippen LogP contribution in [0.3, 0.4) is 0 Å². The fourth-order valence-electron chi connectivity index (χ4n) is 3.65. The van der Waals surface area contributed by atoms with Crippen molar-refractivity contribution in [1.29, 1.82) is 0 Å². The Balaban J connectivity index is 1.30. The maximum atomic E-state index is 13.0. The third kappa shape index (κ3) is 3.37. The predicted molar refractivity (Wildman–Crippen MR) is 112 cm³/mol. The Kier molecular flexibility index (Phi) is 4.59. The summed E-state index contributed by atoms with van der Waals surface area (Å²) in [6.45, 7) is 4.56.